The molecule has 0 fully saturated rings. The third kappa shape index (κ3) is 3.01. The molecule has 0 radical (unpaired) electrons. The number of benzene rings is 2. The van der Waals surface area contributed by atoms with Crippen molar-refractivity contribution in [2.75, 3.05) is 0 Å². The van der Waals surface area contributed by atoms with Crippen LogP contribution in [-0.4, -0.2) is 16.1 Å². The molecule has 21 heavy (non-hydrogen) atoms. The Hall–Kier alpha value is -2.46. The van der Waals surface area contributed by atoms with E-state index in [1.165, 1.54) is 11.3 Å². The van der Waals surface area contributed by atoms with Gasteiger partial charge >= 0.3 is 5.97 Å². The zero-order chi connectivity index (χ0) is 14.7. The highest BCUT2D eigenvalue weighted by Gasteiger charge is 2.11. The Morgan fingerprint density at radius 3 is 2.38 bits per heavy atom. The van der Waals surface area contributed by atoms with Crippen LogP contribution < -0.4 is 0 Å². The van der Waals surface area contributed by atoms with E-state index in [1.807, 2.05) is 41.8 Å². The van der Waals surface area contributed by atoms with E-state index in [4.69, 9.17) is 5.11 Å². The van der Waals surface area contributed by atoms with E-state index in [9.17, 15) is 4.79 Å². The number of carbonyl (C=O) groups is 1. The number of nitrogens with zero attached hydrogens (tertiary/aromatic N) is 1. The highest BCUT2D eigenvalue weighted by molar-refractivity contribution is 7.13. The molecular weight excluding hydrogens is 282 g/mol. The maximum atomic E-state index is 10.8. The van der Waals surface area contributed by atoms with E-state index in [1.54, 1.807) is 0 Å². The van der Waals surface area contributed by atoms with Crippen LogP contribution in [0.15, 0.2) is 60.0 Å². The van der Waals surface area contributed by atoms with E-state index in [-0.39, 0.29) is 6.42 Å². The van der Waals surface area contributed by atoms with E-state index in [0.29, 0.717) is 5.69 Å². The predicted octanol–water partition coefficient (Wildman–Crippen LogP) is 4.10. The molecule has 3 rings (SSSR count). The zero-order valence-electron chi connectivity index (χ0n) is 11.2. The van der Waals surface area contributed by atoms with Gasteiger partial charge in [0.1, 0.15) is 5.01 Å². The van der Waals surface area contributed by atoms with Gasteiger partial charge in [0.15, 0.2) is 0 Å². The fourth-order valence-electron chi connectivity index (χ4n) is 2.21. The molecule has 0 aliphatic rings. The first-order valence-electron chi connectivity index (χ1n) is 6.55. The molecule has 0 atom stereocenters. The van der Waals surface area contributed by atoms with Gasteiger partial charge in [0.25, 0.3) is 0 Å². The Kier molecular flexibility index (Phi) is 3.79. The Morgan fingerprint density at radius 2 is 1.67 bits per heavy atom. The van der Waals surface area contributed by atoms with Crippen molar-refractivity contribution < 1.29 is 9.90 Å². The molecule has 0 amide bonds. The van der Waals surface area contributed by atoms with Crippen molar-refractivity contribution in [3.05, 3.63) is 65.7 Å². The molecule has 2 aromatic carbocycles. The summed E-state index contributed by atoms with van der Waals surface area (Å²) < 4.78 is 0. The molecule has 3 aromatic rings. The number of hydrogen-bond donors (Lipinski definition) is 1. The summed E-state index contributed by atoms with van der Waals surface area (Å²) in [5.41, 5.74) is 3.87. The van der Waals surface area contributed by atoms with E-state index < -0.39 is 5.97 Å². The van der Waals surface area contributed by atoms with Gasteiger partial charge in [-0.1, -0.05) is 54.6 Å². The molecule has 0 aliphatic carbocycles. The predicted molar refractivity (Wildman–Crippen MR) is 84.3 cm³/mol. The second kappa shape index (κ2) is 5.89. The molecule has 0 aliphatic heterocycles. The van der Waals surface area contributed by atoms with Gasteiger partial charge in [-0.2, -0.15) is 0 Å². The molecular formula is C17H13NO2S. The lowest BCUT2D eigenvalue weighted by atomic mass is 10.0. The van der Waals surface area contributed by atoms with Gasteiger partial charge in [-0.3, -0.25) is 4.79 Å². The van der Waals surface area contributed by atoms with Gasteiger partial charge in [0, 0.05) is 10.9 Å². The maximum Gasteiger partial charge on any atom is 0.309 e. The highest BCUT2D eigenvalue weighted by atomic mass is 32.1. The summed E-state index contributed by atoms with van der Waals surface area (Å²) in [6, 6.07) is 18.2. The lowest BCUT2D eigenvalue weighted by Gasteiger charge is -2.07. The average Bonchev–Trinajstić information content (AvgIpc) is 2.96. The number of carboxylic acid groups (broad SMARTS) is 1. The molecule has 0 bridgehead atoms. The van der Waals surface area contributed by atoms with Crippen molar-refractivity contribution in [3.63, 3.8) is 0 Å². The summed E-state index contributed by atoms with van der Waals surface area (Å²) in [5, 5.41) is 11.5. The summed E-state index contributed by atoms with van der Waals surface area (Å²) in [6.45, 7) is 0. The minimum absolute atomic E-state index is 0.0377. The van der Waals surface area contributed by atoms with E-state index in [2.05, 4.69) is 23.2 Å². The smallest absolute Gasteiger partial charge is 0.309 e. The van der Waals surface area contributed by atoms with Crippen molar-refractivity contribution in [3.8, 4) is 21.7 Å². The molecule has 4 heteroatoms. The standard InChI is InChI=1S/C17H13NO2S/c19-16(20)10-13-11-21-17(18-13)15-9-5-4-8-14(15)12-6-2-1-3-7-12/h1-9,11H,10H2,(H,19,20). The molecule has 1 N–H and O–H groups in total. The SMILES string of the molecule is O=C(O)Cc1csc(-c2ccccc2-c2ccccc2)n1. The van der Waals surface area contributed by atoms with Crippen LogP contribution in [0.4, 0.5) is 0 Å². The van der Waals surface area contributed by atoms with Crippen molar-refractivity contribution in [1.29, 1.82) is 0 Å². The van der Waals surface area contributed by atoms with Crippen LogP contribution >= 0.6 is 11.3 Å². The molecule has 0 saturated heterocycles. The highest BCUT2D eigenvalue weighted by Crippen LogP contribution is 2.33. The van der Waals surface area contributed by atoms with Crippen LogP contribution in [0.1, 0.15) is 5.69 Å². The van der Waals surface area contributed by atoms with Gasteiger partial charge < -0.3 is 5.11 Å². The second-order valence-electron chi connectivity index (χ2n) is 4.63. The van der Waals surface area contributed by atoms with Gasteiger partial charge in [0.05, 0.1) is 12.1 Å². The van der Waals surface area contributed by atoms with Crippen LogP contribution in [-0.2, 0) is 11.2 Å². The Balaban J connectivity index is 2.03. The fourth-order valence-corrected chi connectivity index (χ4v) is 3.06. The summed E-state index contributed by atoms with van der Waals surface area (Å²) in [5.74, 6) is -0.858. The number of aromatic nitrogens is 1. The summed E-state index contributed by atoms with van der Waals surface area (Å²) in [4.78, 5) is 15.2. The van der Waals surface area contributed by atoms with Crippen LogP contribution in [0, 0.1) is 0 Å². The van der Waals surface area contributed by atoms with Crippen molar-refractivity contribution >= 4 is 17.3 Å². The molecule has 0 spiro atoms. The second-order valence-corrected chi connectivity index (χ2v) is 5.48. The molecule has 0 saturated carbocycles. The zero-order valence-corrected chi connectivity index (χ0v) is 12.0. The van der Waals surface area contributed by atoms with Crippen LogP contribution in [0.3, 0.4) is 0 Å². The lowest BCUT2D eigenvalue weighted by molar-refractivity contribution is -0.136. The topological polar surface area (TPSA) is 50.2 Å². The number of thiazole rings is 1. The number of carboxylic acids is 1. The normalized spacial score (nSPS) is 10.5. The Labute approximate surface area is 126 Å². The first-order valence-corrected chi connectivity index (χ1v) is 7.43. The van der Waals surface area contributed by atoms with Crippen molar-refractivity contribution in [1.82, 2.24) is 4.98 Å². The molecule has 104 valence electrons. The Morgan fingerprint density at radius 1 is 1.00 bits per heavy atom. The third-order valence-electron chi connectivity index (χ3n) is 3.13. The van der Waals surface area contributed by atoms with Crippen molar-refractivity contribution in [2.45, 2.75) is 6.42 Å². The lowest BCUT2D eigenvalue weighted by Crippen LogP contribution is -1.99. The first kappa shape index (κ1) is 13.5. The van der Waals surface area contributed by atoms with Gasteiger partial charge in [-0.25, -0.2) is 4.98 Å². The first-order chi connectivity index (χ1) is 10.2. The number of rotatable bonds is 4. The minimum atomic E-state index is -0.858. The van der Waals surface area contributed by atoms with E-state index >= 15 is 0 Å². The number of aliphatic carboxylic acids is 1. The molecule has 3 nitrogen and oxygen atoms in total. The van der Waals surface area contributed by atoms with Crippen molar-refractivity contribution in [2.24, 2.45) is 0 Å². The quantitative estimate of drug-likeness (QED) is 0.788. The van der Waals surface area contributed by atoms with Gasteiger partial charge in [-0.05, 0) is 11.1 Å². The fraction of sp³-hybridized carbons (Fsp3) is 0.0588. The monoisotopic (exact) mass is 295 g/mol. The minimum Gasteiger partial charge on any atom is -0.481 e. The Bertz CT molecular complexity index is 765. The average molecular weight is 295 g/mol. The maximum absolute atomic E-state index is 10.8. The summed E-state index contributed by atoms with van der Waals surface area (Å²) in [6.07, 6.45) is -0.0377. The van der Waals surface area contributed by atoms with Gasteiger partial charge in [-0.15, -0.1) is 11.3 Å². The molecule has 1 aromatic heterocycles. The third-order valence-corrected chi connectivity index (χ3v) is 4.05. The number of hydrogen-bond acceptors (Lipinski definition) is 3. The van der Waals surface area contributed by atoms with Crippen LogP contribution in [0.25, 0.3) is 21.7 Å². The van der Waals surface area contributed by atoms with Crippen LogP contribution in [0.5, 0.6) is 0 Å². The van der Waals surface area contributed by atoms with Gasteiger partial charge in [0.2, 0.25) is 0 Å². The summed E-state index contributed by atoms with van der Waals surface area (Å²) in [7, 11) is 0. The largest absolute Gasteiger partial charge is 0.481 e. The summed E-state index contributed by atoms with van der Waals surface area (Å²) >= 11 is 1.48. The van der Waals surface area contributed by atoms with E-state index in [0.717, 1.165) is 21.7 Å². The van der Waals surface area contributed by atoms with Crippen LogP contribution in [0.2, 0.25) is 0 Å². The molecule has 0 unspecified atom stereocenters. The molecule has 1 heterocycles.